The fourth-order valence-electron chi connectivity index (χ4n) is 2.18. The smallest absolute Gasteiger partial charge is 0.264 e. The minimum Gasteiger partial charge on any atom is -0.274 e. The van der Waals surface area contributed by atoms with Gasteiger partial charge in [-0.15, -0.1) is 0 Å². The minimum absolute atomic E-state index is 0.108. The first kappa shape index (κ1) is 16.7. The standard InChI is InChI=1S/C14H17NO5S2/c1-21(17,18)12-8-5-9-13(10-12)22(19,20)15-14(16)11-6-3-2-4-7-11/h2-3,5,8-11H,4,6-7H2,1H3,(H,15,16)/t11-/m1/s1. The van der Waals surface area contributed by atoms with Gasteiger partial charge in [0.15, 0.2) is 9.84 Å². The lowest BCUT2D eigenvalue weighted by Crippen LogP contribution is -2.36. The molecule has 0 heterocycles. The molecule has 0 saturated heterocycles. The van der Waals surface area contributed by atoms with E-state index in [1.807, 2.05) is 16.9 Å². The number of allylic oxidation sites excluding steroid dienone is 2. The van der Waals surface area contributed by atoms with Crippen LogP contribution in [0.15, 0.2) is 46.2 Å². The van der Waals surface area contributed by atoms with E-state index in [1.165, 1.54) is 18.2 Å². The lowest BCUT2D eigenvalue weighted by atomic mass is 9.94. The van der Waals surface area contributed by atoms with Crippen LogP contribution in [0.1, 0.15) is 19.3 Å². The number of sulfonamides is 1. The summed E-state index contributed by atoms with van der Waals surface area (Å²) in [5.41, 5.74) is 0. The molecule has 120 valence electrons. The fraction of sp³-hybridized carbons (Fsp3) is 0.357. The maximum atomic E-state index is 12.2. The zero-order chi connectivity index (χ0) is 16.4. The van der Waals surface area contributed by atoms with Gasteiger partial charge < -0.3 is 0 Å². The highest BCUT2D eigenvalue weighted by atomic mass is 32.2. The lowest BCUT2D eigenvalue weighted by molar-refractivity contribution is -0.123. The second-order valence-electron chi connectivity index (χ2n) is 5.20. The molecule has 0 aliphatic heterocycles. The van der Waals surface area contributed by atoms with Gasteiger partial charge in [-0.25, -0.2) is 21.6 Å². The summed E-state index contributed by atoms with van der Waals surface area (Å²) < 4.78 is 49.4. The third kappa shape index (κ3) is 3.95. The number of nitrogens with one attached hydrogen (secondary N) is 1. The van der Waals surface area contributed by atoms with E-state index in [0.717, 1.165) is 18.7 Å². The summed E-state index contributed by atoms with van der Waals surface area (Å²) in [7, 11) is -7.60. The predicted octanol–water partition coefficient (Wildman–Crippen LogP) is 1.25. The van der Waals surface area contributed by atoms with Crippen LogP contribution in [0.3, 0.4) is 0 Å². The SMILES string of the molecule is CS(=O)(=O)c1cccc(S(=O)(=O)NC(=O)[C@@H]2CC=CCC2)c1. The van der Waals surface area contributed by atoms with Crippen LogP contribution in [-0.2, 0) is 24.7 Å². The molecular formula is C14H17NO5S2. The molecule has 2 rings (SSSR count). The molecule has 0 aromatic heterocycles. The summed E-state index contributed by atoms with van der Waals surface area (Å²) in [6.45, 7) is 0. The normalized spacial score (nSPS) is 18.9. The minimum atomic E-state index is -4.08. The Hall–Kier alpha value is -1.67. The molecule has 1 atom stereocenters. The number of carbonyl (C=O) groups excluding carboxylic acids is 1. The molecule has 1 aromatic carbocycles. The van der Waals surface area contributed by atoms with Crippen molar-refractivity contribution in [3.63, 3.8) is 0 Å². The number of benzene rings is 1. The summed E-state index contributed by atoms with van der Waals surface area (Å²) in [4.78, 5) is 11.7. The highest BCUT2D eigenvalue weighted by molar-refractivity contribution is 7.91. The van der Waals surface area contributed by atoms with Gasteiger partial charge >= 0.3 is 0 Å². The lowest BCUT2D eigenvalue weighted by Gasteiger charge is -2.17. The Morgan fingerprint density at radius 1 is 1.14 bits per heavy atom. The van der Waals surface area contributed by atoms with Gasteiger partial charge in [0.1, 0.15) is 0 Å². The van der Waals surface area contributed by atoms with Gasteiger partial charge in [-0.3, -0.25) is 4.79 Å². The van der Waals surface area contributed by atoms with Gasteiger partial charge in [-0.05, 0) is 37.5 Å². The first-order chi connectivity index (χ1) is 10.2. The number of amides is 1. The molecular weight excluding hydrogens is 326 g/mol. The molecule has 22 heavy (non-hydrogen) atoms. The third-order valence-corrected chi connectivity index (χ3v) is 5.87. The van der Waals surface area contributed by atoms with Crippen LogP contribution in [0.2, 0.25) is 0 Å². The van der Waals surface area contributed by atoms with E-state index >= 15 is 0 Å². The van der Waals surface area contributed by atoms with Crippen LogP contribution in [-0.4, -0.2) is 29.0 Å². The van der Waals surface area contributed by atoms with Crippen molar-refractivity contribution in [1.29, 1.82) is 0 Å². The van der Waals surface area contributed by atoms with Crippen molar-refractivity contribution < 1.29 is 21.6 Å². The quantitative estimate of drug-likeness (QED) is 0.830. The maximum absolute atomic E-state index is 12.2. The van der Waals surface area contributed by atoms with E-state index < -0.39 is 25.8 Å². The highest BCUT2D eigenvalue weighted by Crippen LogP contribution is 2.20. The molecule has 0 spiro atoms. The third-order valence-electron chi connectivity index (χ3n) is 3.42. The van der Waals surface area contributed by atoms with Crippen LogP contribution in [0, 0.1) is 5.92 Å². The molecule has 1 aromatic rings. The molecule has 1 aliphatic rings. The van der Waals surface area contributed by atoms with Crippen LogP contribution in [0.25, 0.3) is 0 Å². The Morgan fingerprint density at radius 2 is 1.82 bits per heavy atom. The van der Waals surface area contributed by atoms with E-state index in [2.05, 4.69) is 0 Å². The number of hydrogen-bond acceptors (Lipinski definition) is 5. The van der Waals surface area contributed by atoms with Crippen molar-refractivity contribution >= 4 is 25.8 Å². The molecule has 0 bridgehead atoms. The van der Waals surface area contributed by atoms with Gasteiger partial charge in [0.2, 0.25) is 5.91 Å². The van der Waals surface area contributed by atoms with Crippen molar-refractivity contribution in [2.75, 3.05) is 6.26 Å². The topological polar surface area (TPSA) is 97.4 Å². The van der Waals surface area contributed by atoms with Crippen LogP contribution < -0.4 is 4.72 Å². The van der Waals surface area contributed by atoms with Gasteiger partial charge in [-0.2, -0.15) is 0 Å². The van der Waals surface area contributed by atoms with Crippen LogP contribution >= 0.6 is 0 Å². The second kappa shape index (κ2) is 6.21. The van der Waals surface area contributed by atoms with Crippen LogP contribution in [0.5, 0.6) is 0 Å². The Bertz CT molecular complexity index is 809. The molecule has 1 N–H and O–H groups in total. The zero-order valence-electron chi connectivity index (χ0n) is 12.0. The second-order valence-corrected chi connectivity index (χ2v) is 8.90. The van der Waals surface area contributed by atoms with Gasteiger partial charge in [0, 0.05) is 12.2 Å². The average Bonchev–Trinajstić information content (AvgIpc) is 2.47. The highest BCUT2D eigenvalue weighted by Gasteiger charge is 2.25. The van der Waals surface area contributed by atoms with E-state index in [1.54, 1.807) is 0 Å². The van der Waals surface area contributed by atoms with E-state index in [4.69, 9.17) is 0 Å². The summed E-state index contributed by atoms with van der Waals surface area (Å²) in [5, 5.41) is 0. The van der Waals surface area contributed by atoms with Gasteiger partial charge in [0.05, 0.1) is 9.79 Å². The summed E-state index contributed by atoms with van der Waals surface area (Å²) >= 11 is 0. The Kier molecular flexibility index (Phi) is 4.72. The van der Waals surface area contributed by atoms with E-state index in [9.17, 15) is 21.6 Å². The van der Waals surface area contributed by atoms with Crippen molar-refractivity contribution in [1.82, 2.24) is 4.72 Å². The fourth-order valence-corrected chi connectivity index (χ4v) is 4.01. The Labute approximate surface area is 130 Å². The zero-order valence-corrected chi connectivity index (χ0v) is 13.7. The molecule has 8 heteroatoms. The molecule has 0 radical (unpaired) electrons. The monoisotopic (exact) mass is 343 g/mol. The predicted molar refractivity (Wildman–Crippen MR) is 81.4 cm³/mol. The van der Waals surface area contributed by atoms with E-state index in [0.29, 0.717) is 12.8 Å². The molecule has 0 unspecified atom stereocenters. The van der Waals surface area contributed by atoms with Crippen LogP contribution in [0.4, 0.5) is 0 Å². The number of hydrogen-bond donors (Lipinski definition) is 1. The largest absolute Gasteiger partial charge is 0.274 e. The molecule has 0 fully saturated rings. The number of sulfone groups is 1. The summed E-state index contributed by atoms with van der Waals surface area (Å²) in [5.74, 6) is -0.938. The van der Waals surface area contributed by atoms with Crippen molar-refractivity contribution in [3.8, 4) is 0 Å². The van der Waals surface area contributed by atoms with Gasteiger partial charge in [0.25, 0.3) is 10.0 Å². The summed E-state index contributed by atoms with van der Waals surface area (Å²) in [6.07, 6.45) is 6.64. The molecule has 1 aliphatic carbocycles. The molecule has 1 amide bonds. The Balaban J connectivity index is 2.23. The first-order valence-corrected chi connectivity index (χ1v) is 10.1. The number of carbonyl (C=O) groups is 1. The number of rotatable bonds is 4. The van der Waals surface area contributed by atoms with Crippen molar-refractivity contribution in [3.05, 3.63) is 36.4 Å². The van der Waals surface area contributed by atoms with Gasteiger partial charge in [-0.1, -0.05) is 18.2 Å². The maximum Gasteiger partial charge on any atom is 0.264 e. The molecule has 6 nitrogen and oxygen atoms in total. The van der Waals surface area contributed by atoms with Crippen molar-refractivity contribution in [2.24, 2.45) is 5.92 Å². The average molecular weight is 343 g/mol. The van der Waals surface area contributed by atoms with Crippen molar-refractivity contribution in [2.45, 2.75) is 29.1 Å². The Morgan fingerprint density at radius 3 is 2.41 bits per heavy atom. The summed E-state index contributed by atoms with van der Waals surface area (Å²) in [6, 6.07) is 4.94. The molecule has 0 saturated carbocycles. The first-order valence-electron chi connectivity index (χ1n) is 6.72. The van der Waals surface area contributed by atoms with E-state index in [-0.39, 0.29) is 15.7 Å².